The highest BCUT2D eigenvalue weighted by atomic mass is 16.5. The van der Waals surface area contributed by atoms with E-state index in [1.807, 2.05) is 13.8 Å². The second kappa shape index (κ2) is 7.07. The van der Waals surface area contributed by atoms with Crippen molar-refractivity contribution in [3.63, 3.8) is 0 Å². The van der Waals surface area contributed by atoms with Gasteiger partial charge in [0.25, 0.3) is 0 Å². The average Bonchev–Trinajstić information content (AvgIpc) is 2.49. The molecule has 2 aromatic rings. The molecule has 4 nitrogen and oxygen atoms in total. The van der Waals surface area contributed by atoms with E-state index >= 15 is 0 Å². The van der Waals surface area contributed by atoms with Gasteiger partial charge >= 0.3 is 0 Å². The first-order valence-electron chi connectivity index (χ1n) is 7.39. The van der Waals surface area contributed by atoms with Crippen molar-refractivity contribution in [1.29, 1.82) is 0 Å². The quantitative estimate of drug-likeness (QED) is 0.874. The molecule has 4 heteroatoms. The van der Waals surface area contributed by atoms with E-state index in [0.29, 0.717) is 18.4 Å². The molecule has 1 aromatic carbocycles. The van der Waals surface area contributed by atoms with Gasteiger partial charge in [-0.25, -0.2) is 9.97 Å². The molecule has 1 aromatic heterocycles. The molecule has 0 aliphatic heterocycles. The van der Waals surface area contributed by atoms with Gasteiger partial charge in [-0.3, -0.25) is 0 Å². The minimum absolute atomic E-state index is 0.560. The highest BCUT2D eigenvalue weighted by Gasteiger charge is 2.07. The maximum atomic E-state index is 5.48. The van der Waals surface area contributed by atoms with Gasteiger partial charge in [0, 0.05) is 6.54 Å². The Bertz CT molecular complexity index is 579. The van der Waals surface area contributed by atoms with Crippen LogP contribution in [-0.4, -0.2) is 16.6 Å². The molecule has 0 amide bonds. The van der Waals surface area contributed by atoms with Crippen molar-refractivity contribution in [2.24, 2.45) is 0 Å². The van der Waals surface area contributed by atoms with Crippen LogP contribution in [0.4, 0.5) is 5.82 Å². The largest absolute Gasteiger partial charge is 0.478 e. The van der Waals surface area contributed by atoms with E-state index in [2.05, 4.69) is 53.4 Å². The Morgan fingerprint density at radius 2 is 1.86 bits per heavy atom. The van der Waals surface area contributed by atoms with Crippen LogP contribution in [0.25, 0.3) is 0 Å². The lowest BCUT2D eigenvalue weighted by Crippen LogP contribution is -2.06. The molecule has 0 radical (unpaired) electrons. The minimum atomic E-state index is 0.560. The minimum Gasteiger partial charge on any atom is -0.478 e. The molecule has 0 atom stereocenters. The average molecular weight is 285 g/mol. The summed E-state index contributed by atoms with van der Waals surface area (Å²) in [6, 6.07) is 8.67. The van der Waals surface area contributed by atoms with Gasteiger partial charge in [0.15, 0.2) is 0 Å². The van der Waals surface area contributed by atoms with Crippen molar-refractivity contribution in [1.82, 2.24) is 9.97 Å². The lowest BCUT2D eigenvalue weighted by atomic mass is 10.0. The smallest absolute Gasteiger partial charge is 0.221 e. The van der Waals surface area contributed by atoms with Crippen LogP contribution in [0.3, 0.4) is 0 Å². The van der Waals surface area contributed by atoms with Gasteiger partial charge in [-0.15, -0.1) is 0 Å². The van der Waals surface area contributed by atoms with E-state index in [-0.39, 0.29) is 0 Å². The summed E-state index contributed by atoms with van der Waals surface area (Å²) in [5, 5.41) is 3.35. The standard InChI is InChI=1S/C17H23N3O/c1-5-21-17-13(4)16(19-11-20-17)18-10-14-6-8-15(9-7-14)12(2)3/h6-9,11-12H,5,10H2,1-4H3,(H,18,19,20). The normalized spacial score (nSPS) is 10.7. The molecular weight excluding hydrogens is 262 g/mol. The second-order valence-corrected chi connectivity index (χ2v) is 5.34. The topological polar surface area (TPSA) is 47.0 Å². The number of hydrogen-bond acceptors (Lipinski definition) is 4. The highest BCUT2D eigenvalue weighted by Crippen LogP contribution is 2.21. The fourth-order valence-corrected chi connectivity index (χ4v) is 2.10. The predicted molar refractivity (Wildman–Crippen MR) is 85.8 cm³/mol. The van der Waals surface area contributed by atoms with Crippen molar-refractivity contribution < 1.29 is 4.74 Å². The molecule has 1 heterocycles. The molecule has 0 aliphatic carbocycles. The number of aromatic nitrogens is 2. The summed E-state index contributed by atoms with van der Waals surface area (Å²) in [5.41, 5.74) is 3.53. The van der Waals surface area contributed by atoms with Crippen molar-refractivity contribution in [2.45, 2.75) is 40.2 Å². The molecule has 21 heavy (non-hydrogen) atoms. The Kier molecular flexibility index (Phi) is 5.14. The Hall–Kier alpha value is -2.10. The molecule has 0 bridgehead atoms. The summed E-state index contributed by atoms with van der Waals surface area (Å²) in [7, 11) is 0. The van der Waals surface area contributed by atoms with Gasteiger partial charge < -0.3 is 10.1 Å². The van der Waals surface area contributed by atoms with Crippen LogP contribution in [0.1, 0.15) is 43.4 Å². The van der Waals surface area contributed by atoms with Gasteiger partial charge in [-0.05, 0) is 30.9 Å². The van der Waals surface area contributed by atoms with Gasteiger partial charge in [0.05, 0.1) is 12.2 Å². The second-order valence-electron chi connectivity index (χ2n) is 5.34. The number of rotatable bonds is 6. The Morgan fingerprint density at radius 1 is 1.14 bits per heavy atom. The first-order valence-corrected chi connectivity index (χ1v) is 7.39. The van der Waals surface area contributed by atoms with E-state index in [1.165, 1.54) is 17.5 Å². The van der Waals surface area contributed by atoms with Crippen molar-refractivity contribution >= 4 is 5.82 Å². The molecule has 0 unspecified atom stereocenters. The Balaban J connectivity index is 2.04. The number of hydrogen-bond donors (Lipinski definition) is 1. The summed E-state index contributed by atoms with van der Waals surface area (Å²) in [6.45, 7) is 9.66. The molecule has 0 spiro atoms. The lowest BCUT2D eigenvalue weighted by Gasteiger charge is -2.12. The van der Waals surface area contributed by atoms with Crippen LogP contribution in [0.5, 0.6) is 5.88 Å². The van der Waals surface area contributed by atoms with Crippen LogP contribution < -0.4 is 10.1 Å². The first-order chi connectivity index (χ1) is 10.1. The highest BCUT2D eigenvalue weighted by molar-refractivity contribution is 5.48. The van der Waals surface area contributed by atoms with Crippen molar-refractivity contribution in [2.75, 3.05) is 11.9 Å². The summed E-state index contributed by atoms with van der Waals surface area (Å²) >= 11 is 0. The van der Waals surface area contributed by atoms with Gasteiger partial charge in [-0.2, -0.15) is 0 Å². The van der Waals surface area contributed by atoms with Crippen LogP contribution >= 0.6 is 0 Å². The van der Waals surface area contributed by atoms with E-state index in [9.17, 15) is 0 Å². The summed E-state index contributed by atoms with van der Waals surface area (Å²) < 4.78 is 5.48. The molecule has 1 N–H and O–H groups in total. The monoisotopic (exact) mass is 285 g/mol. The summed E-state index contributed by atoms with van der Waals surface area (Å²) in [5.74, 6) is 2.02. The third-order valence-electron chi connectivity index (χ3n) is 3.43. The number of anilines is 1. The van der Waals surface area contributed by atoms with Gasteiger partial charge in [0.1, 0.15) is 12.1 Å². The first kappa shape index (κ1) is 15.3. The van der Waals surface area contributed by atoms with Crippen LogP contribution in [0.15, 0.2) is 30.6 Å². The maximum Gasteiger partial charge on any atom is 0.221 e. The zero-order valence-electron chi connectivity index (χ0n) is 13.2. The van der Waals surface area contributed by atoms with E-state index in [1.54, 1.807) is 0 Å². The molecule has 112 valence electrons. The Morgan fingerprint density at radius 3 is 2.48 bits per heavy atom. The number of benzene rings is 1. The van der Waals surface area contributed by atoms with Crippen molar-refractivity contribution in [3.8, 4) is 5.88 Å². The molecule has 0 saturated heterocycles. The van der Waals surface area contributed by atoms with E-state index in [0.717, 1.165) is 17.9 Å². The van der Waals surface area contributed by atoms with E-state index < -0.39 is 0 Å². The fraction of sp³-hybridized carbons (Fsp3) is 0.412. The molecule has 2 rings (SSSR count). The number of nitrogens with one attached hydrogen (secondary N) is 1. The third kappa shape index (κ3) is 3.94. The SMILES string of the molecule is CCOc1ncnc(NCc2ccc(C(C)C)cc2)c1C. The van der Waals surface area contributed by atoms with E-state index in [4.69, 9.17) is 4.74 Å². The molecule has 0 fully saturated rings. The van der Waals surface area contributed by atoms with Crippen molar-refractivity contribution in [3.05, 3.63) is 47.3 Å². The Labute approximate surface area is 126 Å². The number of nitrogens with zero attached hydrogens (tertiary/aromatic N) is 2. The summed E-state index contributed by atoms with van der Waals surface area (Å²) in [4.78, 5) is 8.42. The maximum absolute atomic E-state index is 5.48. The summed E-state index contributed by atoms with van der Waals surface area (Å²) in [6.07, 6.45) is 1.53. The lowest BCUT2D eigenvalue weighted by molar-refractivity contribution is 0.324. The van der Waals surface area contributed by atoms with Gasteiger partial charge in [0.2, 0.25) is 5.88 Å². The molecular formula is C17H23N3O. The van der Waals surface area contributed by atoms with Gasteiger partial charge in [-0.1, -0.05) is 38.1 Å². The number of ether oxygens (including phenoxy) is 1. The molecule has 0 saturated carbocycles. The van der Waals surface area contributed by atoms with Crippen LogP contribution in [0.2, 0.25) is 0 Å². The fourth-order valence-electron chi connectivity index (χ4n) is 2.10. The predicted octanol–water partition coefficient (Wildman–Crippen LogP) is 3.92. The zero-order valence-corrected chi connectivity index (χ0v) is 13.2. The zero-order chi connectivity index (χ0) is 15.2. The van der Waals surface area contributed by atoms with Crippen LogP contribution in [-0.2, 0) is 6.54 Å². The molecule has 0 aliphatic rings. The third-order valence-corrected chi connectivity index (χ3v) is 3.43. The van der Waals surface area contributed by atoms with Crippen LogP contribution in [0, 0.1) is 6.92 Å².